The van der Waals surface area contributed by atoms with Gasteiger partial charge in [0.15, 0.2) is 0 Å². The molecule has 0 radical (unpaired) electrons. The molecule has 0 unspecified atom stereocenters. The average molecular weight is 232 g/mol. The molecule has 1 fully saturated rings. The molecule has 0 spiro atoms. The predicted molar refractivity (Wildman–Crippen MR) is 71.1 cm³/mol. The molecule has 1 saturated heterocycles. The van der Waals surface area contributed by atoms with E-state index in [0.717, 1.165) is 31.5 Å². The number of nitrogen functional groups attached to an aromatic ring is 1. The minimum Gasteiger partial charge on any atom is -0.397 e. The van der Waals surface area contributed by atoms with Gasteiger partial charge < -0.3 is 10.6 Å². The molecule has 0 saturated carbocycles. The van der Waals surface area contributed by atoms with Crippen molar-refractivity contribution in [2.45, 2.75) is 39.5 Å². The van der Waals surface area contributed by atoms with E-state index in [4.69, 9.17) is 5.73 Å². The minimum atomic E-state index is 0.206. The second kappa shape index (κ2) is 4.78. The molecule has 2 rings (SSSR count). The van der Waals surface area contributed by atoms with Gasteiger partial charge in [0.1, 0.15) is 0 Å². The number of benzene rings is 1. The van der Waals surface area contributed by atoms with Crippen molar-refractivity contribution in [3.8, 4) is 0 Å². The molecule has 1 aromatic rings. The van der Waals surface area contributed by atoms with Gasteiger partial charge in [-0.25, -0.2) is 0 Å². The molecule has 1 heterocycles. The van der Waals surface area contributed by atoms with Crippen molar-refractivity contribution >= 4 is 17.3 Å². The third-order valence-corrected chi connectivity index (χ3v) is 3.51. The fourth-order valence-electron chi connectivity index (χ4n) is 2.29. The standard InChI is InChI=1S/C14H20N2O/c1-10-8-12(15)13(9-11(10)2)16-7-5-3-4-6-14(16)17/h8-9H,3-7,15H2,1-2H3. The van der Waals surface area contributed by atoms with Crippen LogP contribution in [0.25, 0.3) is 0 Å². The van der Waals surface area contributed by atoms with Gasteiger partial charge in [0.05, 0.1) is 11.4 Å². The quantitative estimate of drug-likeness (QED) is 0.757. The second-order valence-corrected chi connectivity index (χ2v) is 4.85. The van der Waals surface area contributed by atoms with Crippen LogP contribution in [0.15, 0.2) is 12.1 Å². The highest BCUT2D eigenvalue weighted by Gasteiger charge is 2.20. The van der Waals surface area contributed by atoms with Crippen molar-refractivity contribution < 1.29 is 4.79 Å². The number of rotatable bonds is 1. The number of carbonyl (C=O) groups excluding carboxylic acids is 1. The largest absolute Gasteiger partial charge is 0.397 e. The first-order chi connectivity index (χ1) is 8.09. The Morgan fingerprint density at radius 3 is 2.59 bits per heavy atom. The molecule has 3 nitrogen and oxygen atoms in total. The molecule has 92 valence electrons. The fraction of sp³-hybridized carbons (Fsp3) is 0.500. The lowest BCUT2D eigenvalue weighted by Gasteiger charge is -2.23. The van der Waals surface area contributed by atoms with Crippen LogP contribution in [0.1, 0.15) is 36.8 Å². The smallest absolute Gasteiger partial charge is 0.227 e. The summed E-state index contributed by atoms with van der Waals surface area (Å²) in [5, 5.41) is 0. The van der Waals surface area contributed by atoms with Crippen molar-refractivity contribution in [2.75, 3.05) is 17.2 Å². The first-order valence-electron chi connectivity index (χ1n) is 6.26. The van der Waals surface area contributed by atoms with Crippen LogP contribution in [0.3, 0.4) is 0 Å². The fourth-order valence-corrected chi connectivity index (χ4v) is 2.29. The van der Waals surface area contributed by atoms with Gasteiger partial charge in [-0.1, -0.05) is 6.42 Å². The van der Waals surface area contributed by atoms with E-state index in [2.05, 4.69) is 6.92 Å². The summed E-state index contributed by atoms with van der Waals surface area (Å²) < 4.78 is 0. The molecular formula is C14H20N2O. The molecule has 1 aliphatic rings. The zero-order valence-electron chi connectivity index (χ0n) is 10.6. The van der Waals surface area contributed by atoms with Gasteiger partial charge in [0.2, 0.25) is 5.91 Å². The van der Waals surface area contributed by atoms with Gasteiger partial charge in [-0.2, -0.15) is 0 Å². The number of anilines is 2. The highest BCUT2D eigenvalue weighted by Crippen LogP contribution is 2.29. The lowest BCUT2D eigenvalue weighted by molar-refractivity contribution is -0.118. The Kier molecular flexibility index (Phi) is 3.36. The van der Waals surface area contributed by atoms with E-state index in [1.54, 1.807) is 0 Å². The number of aryl methyl sites for hydroxylation is 2. The van der Waals surface area contributed by atoms with Crippen LogP contribution in [-0.4, -0.2) is 12.5 Å². The number of nitrogens with zero attached hydrogens (tertiary/aromatic N) is 1. The lowest BCUT2D eigenvalue weighted by Crippen LogP contribution is -2.30. The van der Waals surface area contributed by atoms with E-state index in [1.807, 2.05) is 24.0 Å². The molecule has 1 aromatic carbocycles. The Morgan fingerprint density at radius 1 is 1.12 bits per heavy atom. The highest BCUT2D eigenvalue weighted by atomic mass is 16.2. The maximum absolute atomic E-state index is 12.0. The van der Waals surface area contributed by atoms with Crippen LogP contribution in [0.2, 0.25) is 0 Å². The topological polar surface area (TPSA) is 46.3 Å². The van der Waals surface area contributed by atoms with Gasteiger partial charge in [0.25, 0.3) is 0 Å². The first-order valence-corrected chi connectivity index (χ1v) is 6.26. The van der Waals surface area contributed by atoms with Crippen LogP contribution in [0.5, 0.6) is 0 Å². The van der Waals surface area contributed by atoms with E-state index >= 15 is 0 Å². The number of carbonyl (C=O) groups is 1. The Labute approximate surface area is 103 Å². The zero-order valence-corrected chi connectivity index (χ0v) is 10.6. The van der Waals surface area contributed by atoms with Crippen LogP contribution in [0.4, 0.5) is 11.4 Å². The monoisotopic (exact) mass is 232 g/mol. The summed E-state index contributed by atoms with van der Waals surface area (Å²) >= 11 is 0. The molecule has 0 aromatic heterocycles. The average Bonchev–Trinajstić information content (AvgIpc) is 2.49. The van der Waals surface area contributed by atoms with Crippen molar-refractivity contribution in [1.29, 1.82) is 0 Å². The Balaban J connectivity index is 2.37. The highest BCUT2D eigenvalue weighted by molar-refractivity contribution is 5.96. The summed E-state index contributed by atoms with van der Waals surface area (Å²) in [6, 6.07) is 4.00. The van der Waals surface area contributed by atoms with Crippen LogP contribution >= 0.6 is 0 Å². The van der Waals surface area contributed by atoms with Crippen molar-refractivity contribution in [2.24, 2.45) is 0 Å². The first kappa shape index (κ1) is 12.0. The molecule has 0 atom stereocenters. The summed E-state index contributed by atoms with van der Waals surface area (Å²) in [6.07, 6.45) is 3.84. The van der Waals surface area contributed by atoms with Crippen molar-refractivity contribution in [3.63, 3.8) is 0 Å². The summed E-state index contributed by atoms with van der Waals surface area (Å²) in [7, 11) is 0. The van der Waals surface area contributed by atoms with Crippen molar-refractivity contribution in [3.05, 3.63) is 23.3 Å². The van der Waals surface area contributed by atoms with Crippen LogP contribution in [-0.2, 0) is 4.79 Å². The summed E-state index contributed by atoms with van der Waals surface area (Å²) in [6.45, 7) is 4.89. The number of amides is 1. The van der Waals surface area contributed by atoms with Gasteiger partial charge in [-0.15, -0.1) is 0 Å². The third kappa shape index (κ3) is 2.43. The van der Waals surface area contributed by atoms with E-state index in [-0.39, 0.29) is 5.91 Å². The number of hydrogen-bond donors (Lipinski definition) is 1. The molecule has 0 bridgehead atoms. The molecule has 17 heavy (non-hydrogen) atoms. The Morgan fingerprint density at radius 2 is 1.82 bits per heavy atom. The molecule has 1 amide bonds. The van der Waals surface area contributed by atoms with Crippen LogP contribution < -0.4 is 10.6 Å². The summed E-state index contributed by atoms with van der Waals surface area (Å²) in [4.78, 5) is 13.9. The van der Waals surface area contributed by atoms with E-state index in [0.29, 0.717) is 12.1 Å². The van der Waals surface area contributed by atoms with E-state index in [9.17, 15) is 4.79 Å². The van der Waals surface area contributed by atoms with E-state index in [1.165, 1.54) is 11.1 Å². The van der Waals surface area contributed by atoms with Gasteiger partial charge in [-0.05, 0) is 49.9 Å². The number of hydrogen-bond acceptors (Lipinski definition) is 2. The van der Waals surface area contributed by atoms with Gasteiger partial charge in [-0.3, -0.25) is 4.79 Å². The van der Waals surface area contributed by atoms with E-state index < -0.39 is 0 Å². The zero-order chi connectivity index (χ0) is 12.4. The third-order valence-electron chi connectivity index (χ3n) is 3.51. The Bertz CT molecular complexity index is 440. The van der Waals surface area contributed by atoms with Gasteiger partial charge >= 0.3 is 0 Å². The molecule has 1 aliphatic heterocycles. The SMILES string of the molecule is Cc1cc(N)c(N2CCCCCC2=O)cc1C. The van der Waals surface area contributed by atoms with Gasteiger partial charge in [0, 0.05) is 13.0 Å². The summed E-state index contributed by atoms with van der Waals surface area (Å²) in [5.41, 5.74) is 10.0. The number of nitrogens with two attached hydrogens (primary N) is 1. The lowest BCUT2D eigenvalue weighted by atomic mass is 10.1. The second-order valence-electron chi connectivity index (χ2n) is 4.85. The summed E-state index contributed by atoms with van der Waals surface area (Å²) in [5.74, 6) is 0.206. The molecule has 3 heteroatoms. The normalized spacial score (nSPS) is 17.1. The maximum atomic E-state index is 12.0. The maximum Gasteiger partial charge on any atom is 0.227 e. The minimum absolute atomic E-state index is 0.206. The van der Waals surface area contributed by atoms with Crippen molar-refractivity contribution in [1.82, 2.24) is 0 Å². The predicted octanol–water partition coefficient (Wildman–Crippen LogP) is 2.79. The Hall–Kier alpha value is -1.51. The molecule has 0 aliphatic carbocycles. The van der Waals surface area contributed by atoms with Crippen LogP contribution in [0, 0.1) is 13.8 Å². The molecular weight excluding hydrogens is 212 g/mol. The molecule has 2 N–H and O–H groups in total.